The molecule has 0 saturated heterocycles. The number of ether oxygens (including phenoxy) is 1. The number of carbonyl (C=O) groups excluding carboxylic acids is 1. The van der Waals surface area contributed by atoms with Crippen LogP contribution < -0.4 is 0 Å². The van der Waals surface area contributed by atoms with Gasteiger partial charge in [-0.3, -0.25) is 10.1 Å². The van der Waals surface area contributed by atoms with Gasteiger partial charge in [-0.1, -0.05) is 0 Å². The Kier molecular flexibility index (Phi) is 6.20. The minimum absolute atomic E-state index is 0.117. The predicted molar refractivity (Wildman–Crippen MR) is 89.5 cm³/mol. The molecule has 0 N–H and O–H groups in total. The normalized spacial score (nSPS) is 10.8. The molecule has 1 heterocycles. The van der Waals surface area contributed by atoms with Crippen molar-refractivity contribution >= 4 is 29.5 Å². The average Bonchev–Trinajstić information content (AvgIpc) is 2.61. The van der Waals surface area contributed by atoms with Crippen LogP contribution in [0.1, 0.15) is 12.5 Å². The summed E-state index contributed by atoms with van der Waals surface area (Å²) in [5.41, 5.74) is -0.0832. The number of hydrogen-bond acceptors (Lipinski definition) is 8. The van der Waals surface area contributed by atoms with Crippen LogP contribution in [0.5, 0.6) is 0 Å². The largest absolute Gasteiger partial charge is 0.462 e. The highest BCUT2D eigenvalue weighted by Gasteiger charge is 2.15. The molecular formula is C16H12N4O4S. The summed E-state index contributed by atoms with van der Waals surface area (Å²) in [4.78, 5) is 31.0. The standard InChI is InChI=1S/C16H12N4O4S/c1-2-24-15(21)12(10-17)8-11-9-13(20(22)23)4-5-14(11)25-16-18-6-3-7-19-16/h3-9H,2H2,1H3/b12-8+. The number of nitriles is 1. The Labute approximate surface area is 147 Å². The summed E-state index contributed by atoms with van der Waals surface area (Å²) < 4.78 is 4.81. The van der Waals surface area contributed by atoms with Gasteiger partial charge in [0.2, 0.25) is 0 Å². The number of aromatic nitrogens is 2. The van der Waals surface area contributed by atoms with Crippen molar-refractivity contribution in [2.45, 2.75) is 17.0 Å². The molecule has 1 aromatic heterocycles. The molecule has 0 fully saturated rings. The summed E-state index contributed by atoms with van der Waals surface area (Å²) in [6, 6.07) is 7.54. The van der Waals surface area contributed by atoms with E-state index in [1.165, 1.54) is 24.3 Å². The fourth-order valence-corrected chi connectivity index (χ4v) is 2.59. The third-order valence-electron chi connectivity index (χ3n) is 2.86. The molecule has 8 nitrogen and oxygen atoms in total. The van der Waals surface area contributed by atoms with Gasteiger partial charge < -0.3 is 4.74 Å². The maximum absolute atomic E-state index is 11.8. The third-order valence-corrected chi connectivity index (χ3v) is 3.85. The van der Waals surface area contributed by atoms with E-state index in [1.54, 1.807) is 31.5 Å². The van der Waals surface area contributed by atoms with Gasteiger partial charge in [0, 0.05) is 29.4 Å². The zero-order chi connectivity index (χ0) is 18.2. The Morgan fingerprint density at radius 3 is 2.76 bits per heavy atom. The van der Waals surface area contributed by atoms with Gasteiger partial charge in [-0.25, -0.2) is 14.8 Å². The second kappa shape index (κ2) is 8.56. The van der Waals surface area contributed by atoms with Crippen molar-refractivity contribution in [2.24, 2.45) is 0 Å². The summed E-state index contributed by atoms with van der Waals surface area (Å²) >= 11 is 1.16. The van der Waals surface area contributed by atoms with Crippen molar-refractivity contribution < 1.29 is 14.5 Å². The first kappa shape index (κ1) is 18.1. The number of hydrogen-bond donors (Lipinski definition) is 0. The SMILES string of the molecule is CCOC(=O)/C(C#N)=C/c1cc([N+](=O)[O-])ccc1Sc1ncccn1. The molecule has 0 radical (unpaired) electrons. The number of nitrogens with zero attached hydrogens (tertiary/aromatic N) is 4. The molecule has 0 aliphatic rings. The van der Waals surface area contributed by atoms with Gasteiger partial charge in [0.1, 0.15) is 11.6 Å². The molecule has 0 saturated carbocycles. The fourth-order valence-electron chi connectivity index (χ4n) is 1.79. The van der Waals surface area contributed by atoms with E-state index in [2.05, 4.69) is 9.97 Å². The van der Waals surface area contributed by atoms with Gasteiger partial charge in [-0.05, 0) is 42.5 Å². The van der Waals surface area contributed by atoms with E-state index in [9.17, 15) is 14.9 Å². The molecule has 25 heavy (non-hydrogen) atoms. The van der Waals surface area contributed by atoms with Gasteiger partial charge in [0.15, 0.2) is 5.16 Å². The van der Waals surface area contributed by atoms with Crippen LogP contribution in [0.15, 0.2) is 52.3 Å². The van der Waals surface area contributed by atoms with Crippen LogP contribution >= 0.6 is 11.8 Å². The van der Waals surface area contributed by atoms with Crippen LogP contribution in [0, 0.1) is 21.4 Å². The number of rotatable bonds is 6. The van der Waals surface area contributed by atoms with Crippen LogP contribution in [-0.2, 0) is 9.53 Å². The van der Waals surface area contributed by atoms with E-state index in [0.717, 1.165) is 11.8 Å². The highest BCUT2D eigenvalue weighted by atomic mass is 32.2. The number of nitro benzene ring substituents is 1. The van der Waals surface area contributed by atoms with E-state index in [4.69, 9.17) is 10.00 Å². The van der Waals surface area contributed by atoms with Gasteiger partial charge in [0.25, 0.3) is 5.69 Å². The summed E-state index contributed by atoms with van der Waals surface area (Å²) in [5.74, 6) is -0.789. The first-order valence-corrected chi connectivity index (χ1v) is 7.89. The Hall–Kier alpha value is -3.25. The number of carbonyl (C=O) groups is 1. The lowest BCUT2D eigenvalue weighted by Gasteiger charge is -2.06. The minimum Gasteiger partial charge on any atom is -0.462 e. The van der Waals surface area contributed by atoms with Crippen molar-refractivity contribution in [1.82, 2.24) is 9.97 Å². The Morgan fingerprint density at radius 2 is 2.16 bits per heavy atom. The highest BCUT2D eigenvalue weighted by molar-refractivity contribution is 7.99. The molecule has 0 bridgehead atoms. The predicted octanol–water partition coefficient (Wildman–Crippen LogP) is 3.01. The van der Waals surface area contributed by atoms with E-state index in [1.807, 2.05) is 0 Å². The molecule has 126 valence electrons. The number of non-ortho nitro benzene ring substituents is 1. The Morgan fingerprint density at radius 1 is 1.44 bits per heavy atom. The van der Waals surface area contributed by atoms with Crippen LogP contribution in [0.2, 0.25) is 0 Å². The zero-order valence-corrected chi connectivity index (χ0v) is 13.9. The van der Waals surface area contributed by atoms with E-state index in [0.29, 0.717) is 15.6 Å². The topological polar surface area (TPSA) is 119 Å². The summed E-state index contributed by atoms with van der Waals surface area (Å²) in [5, 5.41) is 20.6. The van der Waals surface area contributed by atoms with Gasteiger partial charge in [-0.15, -0.1) is 0 Å². The molecule has 1 aromatic carbocycles. The van der Waals surface area contributed by atoms with E-state index >= 15 is 0 Å². The van der Waals surface area contributed by atoms with Gasteiger partial charge in [-0.2, -0.15) is 5.26 Å². The fraction of sp³-hybridized carbons (Fsp3) is 0.125. The van der Waals surface area contributed by atoms with Gasteiger partial charge >= 0.3 is 5.97 Å². The molecule has 2 aromatic rings. The first-order chi connectivity index (χ1) is 12.0. The lowest BCUT2D eigenvalue weighted by Crippen LogP contribution is -2.06. The molecule has 9 heteroatoms. The van der Waals surface area contributed by atoms with Crippen LogP contribution in [0.4, 0.5) is 5.69 Å². The molecule has 0 spiro atoms. The number of esters is 1. The molecule has 0 unspecified atom stereocenters. The smallest absolute Gasteiger partial charge is 0.348 e. The summed E-state index contributed by atoms with van der Waals surface area (Å²) in [6.45, 7) is 1.74. The second-order valence-electron chi connectivity index (χ2n) is 4.50. The van der Waals surface area contributed by atoms with Crippen LogP contribution in [0.25, 0.3) is 6.08 Å². The lowest BCUT2D eigenvalue weighted by atomic mass is 10.1. The second-order valence-corrected chi connectivity index (χ2v) is 5.51. The maximum Gasteiger partial charge on any atom is 0.348 e. The van der Waals surface area contributed by atoms with Crippen LogP contribution in [-0.4, -0.2) is 27.5 Å². The lowest BCUT2D eigenvalue weighted by molar-refractivity contribution is -0.384. The van der Waals surface area contributed by atoms with E-state index in [-0.39, 0.29) is 17.9 Å². The minimum atomic E-state index is -0.789. The van der Waals surface area contributed by atoms with Crippen molar-refractivity contribution in [3.63, 3.8) is 0 Å². The van der Waals surface area contributed by atoms with Crippen molar-refractivity contribution in [3.8, 4) is 6.07 Å². The number of nitro groups is 1. The zero-order valence-electron chi connectivity index (χ0n) is 13.1. The van der Waals surface area contributed by atoms with Crippen molar-refractivity contribution in [1.29, 1.82) is 5.26 Å². The van der Waals surface area contributed by atoms with E-state index < -0.39 is 10.9 Å². The average molecular weight is 356 g/mol. The molecule has 0 aliphatic carbocycles. The molecular weight excluding hydrogens is 344 g/mol. The molecule has 0 amide bonds. The molecule has 0 atom stereocenters. The Balaban J connectivity index is 2.48. The molecule has 2 rings (SSSR count). The highest BCUT2D eigenvalue weighted by Crippen LogP contribution is 2.31. The van der Waals surface area contributed by atoms with Crippen molar-refractivity contribution in [2.75, 3.05) is 6.61 Å². The summed E-state index contributed by atoms with van der Waals surface area (Å²) in [6.07, 6.45) is 4.39. The Bertz CT molecular complexity index is 862. The molecule has 0 aliphatic heterocycles. The first-order valence-electron chi connectivity index (χ1n) is 7.07. The van der Waals surface area contributed by atoms with Crippen molar-refractivity contribution in [3.05, 3.63) is 57.9 Å². The van der Waals surface area contributed by atoms with Crippen LogP contribution in [0.3, 0.4) is 0 Å². The number of benzene rings is 1. The van der Waals surface area contributed by atoms with Gasteiger partial charge in [0.05, 0.1) is 11.5 Å². The summed E-state index contributed by atoms with van der Waals surface area (Å²) in [7, 11) is 0. The monoisotopic (exact) mass is 356 g/mol. The quantitative estimate of drug-likeness (QED) is 0.193. The third kappa shape index (κ3) is 4.86. The maximum atomic E-state index is 11.8.